The van der Waals surface area contributed by atoms with E-state index in [1.165, 1.54) is 0 Å². The molecule has 2 atom stereocenters. The molecule has 1 heterocycles. The van der Waals surface area contributed by atoms with Crippen molar-refractivity contribution in [2.45, 2.75) is 71.1 Å². The lowest BCUT2D eigenvalue weighted by atomic mass is 10.1. The van der Waals surface area contributed by atoms with Crippen LogP contribution < -0.4 is 0 Å². The van der Waals surface area contributed by atoms with Crippen molar-refractivity contribution >= 4 is 6.09 Å². The first-order valence-electron chi connectivity index (χ1n) is 6.51. The van der Waals surface area contributed by atoms with Crippen LogP contribution in [0.15, 0.2) is 0 Å². The summed E-state index contributed by atoms with van der Waals surface area (Å²) >= 11 is 0. The minimum atomic E-state index is -0.476. The smallest absolute Gasteiger partial charge is 0.410 e. The number of likely N-dealkylation sites (tertiary alicyclic amines) is 1. The normalized spacial score (nSPS) is 25.1. The maximum Gasteiger partial charge on any atom is 0.410 e. The van der Waals surface area contributed by atoms with Crippen LogP contribution in [0.4, 0.5) is 4.79 Å². The van der Waals surface area contributed by atoms with Gasteiger partial charge in [-0.3, -0.25) is 4.90 Å². The number of aliphatic hydroxyl groups excluding tert-OH is 1. The lowest BCUT2D eigenvalue weighted by molar-refractivity contribution is 0.00819. The van der Waals surface area contributed by atoms with Crippen molar-refractivity contribution in [3.05, 3.63) is 0 Å². The Labute approximate surface area is 104 Å². The van der Waals surface area contributed by atoms with Gasteiger partial charge in [0, 0.05) is 6.04 Å². The third-order valence-electron chi connectivity index (χ3n) is 3.06. The monoisotopic (exact) mass is 243 g/mol. The molecular formula is C13H25NO3. The summed E-state index contributed by atoms with van der Waals surface area (Å²) in [4.78, 5) is 13.9. The van der Waals surface area contributed by atoms with E-state index in [0.29, 0.717) is 0 Å². The van der Waals surface area contributed by atoms with Gasteiger partial charge in [0.05, 0.1) is 12.6 Å². The molecule has 1 fully saturated rings. The average Bonchev–Trinajstić information content (AvgIpc) is 2.58. The number of amides is 1. The van der Waals surface area contributed by atoms with Gasteiger partial charge in [-0.1, -0.05) is 13.3 Å². The summed E-state index contributed by atoms with van der Waals surface area (Å²) in [5, 5.41) is 9.32. The molecule has 0 saturated carbocycles. The van der Waals surface area contributed by atoms with Gasteiger partial charge in [0.25, 0.3) is 0 Å². The van der Waals surface area contributed by atoms with E-state index in [9.17, 15) is 9.90 Å². The Morgan fingerprint density at radius 1 is 1.35 bits per heavy atom. The van der Waals surface area contributed by atoms with E-state index in [2.05, 4.69) is 6.92 Å². The summed E-state index contributed by atoms with van der Waals surface area (Å²) in [5.41, 5.74) is -0.476. The molecule has 0 aliphatic carbocycles. The maximum atomic E-state index is 12.1. The third-order valence-corrected chi connectivity index (χ3v) is 3.06. The number of rotatable bonds is 3. The topological polar surface area (TPSA) is 49.8 Å². The number of ether oxygens (including phenoxy) is 1. The highest BCUT2D eigenvalue weighted by atomic mass is 16.6. The number of hydrogen-bond donors (Lipinski definition) is 1. The molecule has 1 N–H and O–H groups in total. The molecule has 0 radical (unpaired) electrons. The molecule has 0 spiro atoms. The second kappa shape index (κ2) is 5.71. The van der Waals surface area contributed by atoms with Gasteiger partial charge < -0.3 is 9.84 Å². The van der Waals surface area contributed by atoms with E-state index in [-0.39, 0.29) is 24.8 Å². The Hall–Kier alpha value is -0.770. The van der Waals surface area contributed by atoms with E-state index < -0.39 is 5.60 Å². The predicted octanol–water partition coefficient (Wildman–Crippen LogP) is 2.55. The number of carbonyl (C=O) groups excluding carboxylic acids is 1. The fraction of sp³-hybridized carbons (Fsp3) is 0.923. The second-order valence-electron chi connectivity index (χ2n) is 5.74. The fourth-order valence-corrected chi connectivity index (χ4v) is 2.37. The molecule has 4 heteroatoms. The van der Waals surface area contributed by atoms with Gasteiger partial charge in [-0.05, 0) is 40.0 Å². The van der Waals surface area contributed by atoms with E-state index in [0.717, 1.165) is 25.7 Å². The molecule has 1 amide bonds. The molecule has 1 aliphatic rings. The van der Waals surface area contributed by atoms with Crippen molar-refractivity contribution in [2.24, 2.45) is 0 Å². The zero-order valence-electron chi connectivity index (χ0n) is 11.4. The summed E-state index contributed by atoms with van der Waals surface area (Å²) in [6.07, 6.45) is 3.59. The highest BCUT2D eigenvalue weighted by Crippen LogP contribution is 2.28. The van der Waals surface area contributed by atoms with Gasteiger partial charge in [0.2, 0.25) is 0 Å². The fourth-order valence-electron chi connectivity index (χ4n) is 2.37. The van der Waals surface area contributed by atoms with Crippen molar-refractivity contribution in [1.82, 2.24) is 4.90 Å². The SMILES string of the molecule is CCC[C@@H]1CC[C@H](CO)N1C(=O)OC(C)(C)C. The van der Waals surface area contributed by atoms with Crippen LogP contribution in [0.5, 0.6) is 0 Å². The van der Waals surface area contributed by atoms with Gasteiger partial charge in [-0.15, -0.1) is 0 Å². The van der Waals surface area contributed by atoms with E-state index in [1.54, 1.807) is 4.90 Å². The van der Waals surface area contributed by atoms with Crippen LogP contribution in [0.3, 0.4) is 0 Å². The summed E-state index contributed by atoms with van der Waals surface area (Å²) in [6, 6.07) is 0.161. The first kappa shape index (κ1) is 14.3. The molecule has 1 aliphatic heterocycles. The summed E-state index contributed by atoms with van der Waals surface area (Å²) in [6.45, 7) is 7.73. The summed E-state index contributed by atoms with van der Waals surface area (Å²) in [7, 11) is 0. The molecule has 0 aromatic heterocycles. The van der Waals surface area contributed by atoms with Crippen LogP contribution in [0.25, 0.3) is 0 Å². The predicted molar refractivity (Wildman–Crippen MR) is 66.9 cm³/mol. The molecule has 17 heavy (non-hydrogen) atoms. The zero-order chi connectivity index (χ0) is 13.1. The number of nitrogens with zero attached hydrogens (tertiary/aromatic N) is 1. The van der Waals surface area contributed by atoms with Crippen LogP contribution in [0.2, 0.25) is 0 Å². The minimum Gasteiger partial charge on any atom is -0.444 e. The lowest BCUT2D eigenvalue weighted by Gasteiger charge is -2.32. The second-order valence-corrected chi connectivity index (χ2v) is 5.74. The molecule has 100 valence electrons. The van der Waals surface area contributed by atoms with Gasteiger partial charge in [0.1, 0.15) is 5.60 Å². The highest BCUT2D eigenvalue weighted by molar-refractivity contribution is 5.69. The summed E-state index contributed by atoms with van der Waals surface area (Å²) < 4.78 is 5.41. The first-order valence-corrected chi connectivity index (χ1v) is 6.51. The average molecular weight is 243 g/mol. The molecule has 0 aromatic rings. The van der Waals surface area contributed by atoms with Crippen molar-refractivity contribution < 1.29 is 14.6 Å². The van der Waals surface area contributed by atoms with Crippen LogP contribution in [-0.4, -0.2) is 40.4 Å². The highest BCUT2D eigenvalue weighted by Gasteiger charge is 2.38. The van der Waals surface area contributed by atoms with Gasteiger partial charge >= 0.3 is 6.09 Å². The van der Waals surface area contributed by atoms with Gasteiger partial charge in [-0.2, -0.15) is 0 Å². The van der Waals surface area contributed by atoms with Crippen molar-refractivity contribution in [1.29, 1.82) is 0 Å². The van der Waals surface area contributed by atoms with Crippen LogP contribution in [0, 0.1) is 0 Å². The Balaban J connectivity index is 2.70. The molecule has 0 unspecified atom stereocenters. The molecule has 1 rings (SSSR count). The van der Waals surface area contributed by atoms with Gasteiger partial charge in [-0.25, -0.2) is 4.79 Å². The Kier molecular flexibility index (Phi) is 4.80. The van der Waals surface area contributed by atoms with Crippen LogP contribution >= 0.6 is 0 Å². The third kappa shape index (κ3) is 3.87. The Bertz CT molecular complexity index is 260. The Morgan fingerprint density at radius 2 is 1.94 bits per heavy atom. The molecule has 0 bridgehead atoms. The maximum absolute atomic E-state index is 12.1. The van der Waals surface area contributed by atoms with Crippen LogP contribution in [-0.2, 0) is 4.74 Å². The van der Waals surface area contributed by atoms with E-state index >= 15 is 0 Å². The largest absolute Gasteiger partial charge is 0.444 e. The number of aliphatic hydroxyl groups is 1. The quantitative estimate of drug-likeness (QED) is 0.828. The first-order chi connectivity index (χ1) is 7.89. The van der Waals surface area contributed by atoms with Crippen molar-refractivity contribution in [3.63, 3.8) is 0 Å². The number of carbonyl (C=O) groups is 1. The zero-order valence-corrected chi connectivity index (χ0v) is 11.4. The minimum absolute atomic E-state index is 0.0272. The van der Waals surface area contributed by atoms with E-state index in [4.69, 9.17) is 4.74 Å². The lowest BCUT2D eigenvalue weighted by Crippen LogP contribution is -2.45. The van der Waals surface area contributed by atoms with Crippen LogP contribution in [0.1, 0.15) is 53.4 Å². The Morgan fingerprint density at radius 3 is 2.41 bits per heavy atom. The molecular weight excluding hydrogens is 218 g/mol. The molecule has 0 aromatic carbocycles. The summed E-state index contributed by atoms with van der Waals surface area (Å²) in [5.74, 6) is 0. The van der Waals surface area contributed by atoms with E-state index in [1.807, 2.05) is 20.8 Å². The standard InChI is InChI=1S/C13H25NO3/c1-5-6-10-7-8-11(9-15)14(10)12(16)17-13(2,3)4/h10-11,15H,5-9H2,1-4H3/t10-,11-/m1/s1. The molecule has 1 saturated heterocycles. The van der Waals surface area contributed by atoms with Crippen molar-refractivity contribution in [3.8, 4) is 0 Å². The van der Waals surface area contributed by atoms with Crippen molar-refractivity contribution in [2.75, 3.05) is 6.61 Å². The molecule has 4 nitrogen and oxygen atoms in total. The number of hydrogen-bond acceptors (Lipinski definition) is 3. The van der Waals surface area contributed by atoms with Gasteiger partial charge in [0.15, 0.2) is 0 Å².